The quantitative estimate of drug-likeness (QED) is 0.518. The standard InChI is InChI=1S/C22H20/c1-15-19-10-6-7-11-20(19)16(2)22-14-18(12-13-21(15)22)17-8-4-3-5-9-17/h3-11,14H,12-13H2,1-2H3. The van der Waals surface area contributed by atoms with Gasteiger partial charge in [0.2, 0.25) is 0 Å². The number of fused-ring (bicyclic) bond motifs is 2. The first-order valence-corrected chi connectivity index (χ1v) is 8.02. The Labute approximate surface area is 132 Å². The van der Waals surface area contributed by atoms with Gasteiger partial charge < -0.3 is 0 Å². The van der Waals surface area contributed by atoms with E-state index >= 15 is 0 Å². The Bertz CT molecular complexity index is 883. The maximum atomic E-state index is 2.42. The van der Waals surface area contributed by atoms with E-state index in [0.717, 1.165) is 12.8 Å². The van der Waals surface area contributed by atoms with Crippen LogP contribution >= 0.6 is 0 Å². The number of aryl methyl sites for hydroxylation is 2. The van der Waals surface area contributed by atoms with E-state index in [0.29, 0.717) is 0 Å². The van der Waals surface area contributed by atoms with E-state index in [1.165, 1.54) is 44.2 Å². The highest BCUT2D eigenvalue weighted by Gasteiger charge is 2.18. The molecule has 0 amide bonds. The van der Waals surface area contributed by atoms with Crippen molar-refractivity contribution in [2.45, 2.75) is 26.7 Å². The Morgan fingerprint density at radius 2 is 1.32 bits per heavy atom. The molecular weight excluding hydrogens is 264 g/mol. The van der Waals surface area contributed by atoms with Crippen LogP contribution in [0.3, 0.4) is 0 Å². The van der Waals surface area contributed by atoms with E-state index < -0.39 is 0 Å². The molecule has 3 aromatic carbocycles. The SMILES string of the molecule is Cc1c2c(c(C)c3ccccc13)CCC(c1ccccc1)=C2. The maximum Gasteiger partial charge on any atom is -0.0146 e. The molecule has 0 radical (unpaired) electrons. The molecule has 0 saturated carbocycles. The lowest BCUT2D eigenvalue weighted by Crippen LogP contribution is -2.04. The highest BCUT2D eigenvalue weighted by molar-refractivity contribution is 5.96. The lowest BCUT2D eigenvalue weighted by atomic mass is 9.82. The monoisotopic (exact) mass is 284 g/mol. The Kier molecular flexibility index (Phi) is 3.11. The molecule has 1 aliphatic carbocycles. The third-order valence-electron chi connectivity index (χ3n) is 5.02. The maximum absolute atomic E-state index is 2.42. The number of benzene rings is 3. The van der Waals surface area contributed by atoms with Crippen molar-refractivity contribution in [2.75, 3.05) is 0 Å². The number of hydrogen-bond acceptors (Lipinski definition) is 0. The van der Waals surface area contributed by atoms with Crippen molar-refractivity contribution in [3.8, 4) is 0 Å². The number of rotatable bonds is 1. The van der Waals surface area contributed by atoms with Gasteiger partial charge in [-0.25, -0.2) is 0 Å². The second-order valence-corrected chi connectivity index (χ2v) is 6.22. The summed E-state index contributed by atoms with van der Waals surface area (Å²) in [6.07, 6.45) is 4.70. The predicted octanol–water partition coefficient (Wildman–Crippen LogP) is 5.94. The van der Waals surface area contributed by atoms with E-state index in [1.54, 1.807) is 0 Å². The molecule has 0 unspecified atom stereocenters. The zero-order chi connectivity index (χ0) is 15.1. The van der Waals surface area contributed by atoms with Crippen LogP contribution in [0.1, 0.15) is 34.2 Å². The van der Waals surface area contributed by atoms with Crippen molar-refractivity contribution < 1.29 is 0 Å². The molecule has 22 heavy (non-hydrogen) atoms. The second-order valence-electron chi connectivity index (χ2n) is 6.22. The zero-order valence-electron chi connectivity index (χ0n) is 13.2. The molecule has 0 bridgehead atoms. The van der Waals surface area contributed by atoms with Crippen LogP contribution in [-0.4, -0.2) is 0 Å². The van der Waals surface area contributed by atoms with Crippen LogP contribution in [0, 0.1) is 13.8 Å². The molecule has 0 heterocycles. The highest BCUT2D eigenvalue weighted by atomic mass is 14.2. The minimum absolute atomic E-state index is 1.13. The fourth-order valence-corrected chi connectivity index (χ4v) is 3.78. The van der Waals surface area contributed by atoms with Crippen molar-refractivity contribution in [1.29, 1.82) is 0 Å². The molecule has 4 rings (SSSR count). The lowest BCUT2D eigenvalue weighted by molar-refractivity contribution is 0.986. The average molecular weight is 284 g/mol. The highest BCUT2D eigenvalue weighted by Crippen LogP contribution is 2.37. The van der Waals surface area contributed by atoms with E-state index in [2.05, 4.69) is 74.5 Å². The molecular formula is C22H20. The third-order valence-corrected chi connectivity index (χ3v) is 5.02. The smallest absolute Gasteiger partial charge is 0.0146 e. The average Bonchev–Trinajstić information content (AvgIpc) is 2.60. The summed E-state index contributed by atoms with van der Waals surface area (Å²) in [4.78, 5) is 0. The molecule has 0 aromatic heterocycles. The van der Waals surface area contributed by atoms with Crippen molar-refractivity contribution in [2.24, 2.45) is 0 Å². The van der Waals surface area contributed by atoms with Gasteiger partial charge in [0, 0.05) is 0 Å². The summed E-state index contributed by atoms with van der Waals surface area (Å²) in [6, 6.07) is 19.6. The molecule has 3 aromatic rings. The van der Waals surface area contributed by atoms with Gasteiger partial charge in [-0.05, 0) is 70.9 Å². The summed E-state index contributed by atoms with van der Waals surface area (Å²) in [5.41, 5.74) is 8.69. The molecule has 108 valence electrons. The van der Waals surface area contributed by atoms with Crippen LogP contribution < -0.4 is 0 Å². The third kappa shape index (κ3) is 1.99. The molecule has 1 aliphatic rings. The summed E-state index contributed by atoms with van der Waals surface area (Å²) in [6.45, 7) is 4.55. The van der Waals surface area contributed by atoms with Crippen LogP contribution in [0.25, 0.3) is 22.4 Å². The Hall–Kier alpha value is -2.34. The van der Waals surface area contributed by atoms with Crippen molar-refractivity contribution >= 4 is 22.4 Å². The zero-order valence-corrected chi connectivity index (χ0v) is 13.2. The van der Waals surface area contributed by atoms with Gasteiger partial charge in [-0.1, -0.05) is 60.7 Å². The van der Waals surface area contributed by atoms with Gasteiger partial charge in [0.15, 0.2) is 0 Å². The molecule has 0 spiro atoms. The van der Waals surface area contributed by atoms with Gasteiger partial charge in [0.1, 0.15) is 0 Å². The molecule has 0 heteroatoms. The Balaban J connectivity index is 1.97. The van der Waals surface area contributed by atoms with E-state index in [1.807, 2.05) is 0 Å². The van der Waals surface area contributed by atoms with Gasteiger partial charge in [-0.2, -0.15) is 0 Å². The van der Waals surface area contributed by atoms with Crippen LogP contribution in [-0.2, 0) is 6.42 Å². The summed E-state index contributed by atoms with van der Waals surface area (Å²) in [7, 11) is 0. The van der Waals surface area contributed by atoms with Gasteiger partial charge in [-0.15, -0.1) is 0 Å². The molecule has 0 saturated heterocycles. The predicted molar refractivity (Wildman–Crippen MR) is 96.1 cm³/mol. The number of hydrogen-bond donors (Lipinski definition) is 0. The van der Waals surface area contributed by atoms with Gasteiger partial charge in [0.05, 0.1) is 0 Å². The fraction of sp³-hybridized carbons (Fsp3) is 0.182. The summed E-state index contributed by atoms with van der Waals surface area (Å²) >= 11 is 0. The van der Waals surface area contributed by atoms with Crippen molar-refractivity contribution in [3.63, 3.8) is 0 Å². The molecule has 0 aliphatic heterocycles. The van der Waals surface area contributed by atoms with E-state index in [-0.39, 0.29) is 0 Å². The van der Waals surface area contributed by atoms with E-state index in [4.69, 9.17) is 0 Å². The summed E-state index contributed by atoms with van der Waals surface area (Å²) < 4.78 is 0. The molecule has 0 atom stereocenters. The van der Waals surface area contributed by atoms with E-state index in [9.17, 15) is 0 Å². The second kappa shape index (κ2) is 5.14. The first-order chi connectivity index (χ1) is 10.8. The largest absolute Gasteiger partial charge is 0.0622 e. The molecule has 0 nitrogen and oxygen atoms in total. The minimum Gasteiger partial charge on any atom is -0.0622 e. The van der Waals surface area contributed by atoms with Crippen LogP contribution in [0.5, 0.6) is 0 Å². The Morgan fingerprint density at radius 3 is 2.05 bits per heavy atom. The van der Waals surface area contributed by atoms with Crippen LogP contribution in [0.2, 0.25) is 0 Å². The first kappa shape index (κ1) is 13.3. The van der Waals surface area contributed by atoms with Crippen LogP contribution in [0.15, 0.2) is 54.6 Å². The van der Waals surface area contributed by atoms with Gasteiger partial charge in [-0.3, -0.25) is 0 Å². The van der Waals surface area contributed by atoms with Crippen molar-refractivity contribution in [3.05, 3.63) is 82.4 Å². The van der Waals surface area contributed by atoms with Gasteiger partial charge in [0.25, 0.3) is 0 Å². The van der Waals surface area contributed by atoms with Gasteiger partial charge >= 0.3 is 0 Å². The van der Waals surface area contributed by atoms with Crippen LogP contribution in [0.4, 0.5) is 0 Å². The molecule has 0 N–H and O–H groups in total. The molecule has 0 fully saturated rings. The topological polar surface area (TPSA) is 0 Å². The Morgan fingerprint density at radius 1 is 0.682 bits per heavy atom. The number of allylic oxidation sites excluding steroid dienone is 1. The normalized spacial score (nSPS) is 13.8. The fourth-order valence-electron chi connectivity index (χ4n) is 3.78. The first-order valence-electron chi connectivity index (χ1n) is 8.02. The minimum atomic E-state index is 1.13. The summed E-state index contributed by atoms with van der Waals surface area (Å²) in [5.74, 6) is 0. The summed E-state index contributed by atoms with van der Waals surface area (Å²) in [5, 5.41) is 2.81. The lowest BCUT2D eigenvalue weighted by Gasteiger charge is -2.23. The van der Waals surface area contributed by atoms with Crippen molar-refractivity contribution in [1.82, 2.24) is 0 Å².